The van der Waals surface area contributed by atoms with Crippen LogP contribution in [-0.2, 0) is 4.79 Å². The summed E-state index contributed by atoms with van der Waals surface area (Å²) in [5.41, 5.74) is 0. The van der Waals surface area contributed by atoms with Gasteiger partial charge in [0.25, 0.3) is 0 Å². The van der Waals surface area contributed by atoms with Crippen LogP contribution in [0.1, 0.15) is 32.1 Å². The third-order valence-electron chi connectivity index (χ3n) is 4.09. The van der Waals surface area contributed by atoms with Gasteiger partial charge < -0.3 is 10.2 Å². The first-order chi connectivity index (χ1) is 6.84. The molecule has 3 heteroatoms. The van der Waals surface area contributed by atoms with E-state index in [0.717, 1.165) is 25.9 Å². The van der Waals surface area contributed by atoms with Crippen LogP contribution in [0, 0.1) is 5.92 Å². The number of amides is 1. The third-order valence-corrected chi connectivity index (χ3v) is 4.09. The summed E-state index contributed by atoms with van der Waals surface area (Å²) in [5.74, 6) is 0.835. The molecule has 3 saturated heterocycles. The number of fused-ring (bicyclic) bond motifs is 3. The van der Waals surface area contributed by atoms with Gasteiger partial charge in [-0.05, 0) is 25.7 Å². The lowest BCUT2D eigenvalue weighted by Gasteiger charge is -2.47. The zero-order chi connectivity index (χ0) is 9.54. The summed E-state index contributed by atoms with van der Waals surface area (Å²) in [6.07, 6.45) is 6.02. The maximum atomic E-state index is 12.1. The van der Waals surface area contributed by atoms with E-state index in [9.17, 15) is 4.79 Å². The largest absolute Gasteiger partial charge is 0.337 e. The SMILES string of the molecule is O=C(C1CCC1)N1CC2CCC1CN2. The van der Waals surface area contributed by atoms with Gasteiger partial charge in [-0.2, -0.15) is 0 Å². The zero-order valence-corrected chi connectivity index (χ0v) is 8.54. The molecule has 2 unspecified atom stereocenters. The molecule has 78 valence electrons. The molecule has 0 aromatic rings. The van der Waals surface area contributed by atoms with Crippen molar-refractivity contribution in [3.8, 4) is 0 Å². The van der Waals surface area contributed by atoms with Gasteiger partial charge in [-0.3, -0.25) is 4.79 Å². The highest BCUT2D eigenvalue weighted by molar-refractivity contribution is 5.80. The van der Waals surface area contributed by atoms with E-state index >= 15 is 0 Å². The van der Waals surface area contributed by atoms with Gasteiger partial charge in [0.2, 0.25) is 5.91 Å². The van der Waals surface area contributed by atoms with Crippen molar-refractivity contribution in [3.63, 3.8) is 0 Å². The van der Waals surface area contributed by atoms with Crippen LogP contribution in [0.25, 0.3) is 0 Å². The lowest BCUT2D eigenvalue weighted by Crippen LogP contribution is -2.63. The molecule has 1 saturated carbocycles. The lowest BCUT2D eigenvalue weighted by molar-refractivity contribution is -0.144. The van der Waals surface area contributed by atoms with Crippen LogP contribution in [0.5, 0.6) is 0 Å². The summed E-state index contributed by atoms with van der Waals surface area (Å²) < 4.78 is 0. The maximum Gasteiger partial charge on any atom is 0.226 e. The molecule has 3 heterocycles. The summed E-state index contributed by atoms with van der Waals surface area (Å²) in [5, 5.41) is 3.48. The molecule has 0 radical (unpaired) electrons. The van der Waals surface area contributed by atoms with Gasteiger partial charge in [-0.1, -0.05) is 6.42 Å². The third kappa shape index (κ3) is 1.26. The highest BCUT2D eigenvalue weighted by atomic mass is 16.2. The molecule has 0 spiro atoms. The molecule has 0 aromatic carbocycles. The molecule has 14 heavy (non-hydrogen) atoms. The highest BCUT2D eigenvalue weighted by Gasteiger charge is 2.39. The number of nitrogens with zero attached hydrogens (tertiary/aromatic N) is 1. The Kier molecular flexibility index (Phi) is 2.01. The Hall–Kier alpha value is -0.570. The minimum absolute atomic E-state index is 0.384. The van der Waals surface area contributed by atoms with Crippen molar-refractivity contribution < 1.29 is 4.79 Å². The van der Waals surface area contributed by atoms with Crippen LogP contribution < -0.4 is 5.32 Å². The van der Waals surface area contributed by atoms with Crippen LogP contribution >= 0.6 is 0 Å². The number of hydrogen-bond acceptors (Lipinski definition) is 2. The Balaban J connectivity index is 1.69. The number of piperidine rings is 2. The molecular formula is C11H18N2O. The van der Waals surface area contributed by atoms with E-state index in [4.69, 9.17) is 0 Å². The van der Waals surface area contributed by atoms with Crippen molar-refractivity contribution >= 4 is 5.91 Å². The Morgan fingerprint density at radius 1 is 1.21 bits per heavy atom. The van der Waals surface area contributed by atoms with Crippen molar-refractivity contribution in [2.75, 3.05) is 13.1 Å². The molecular weight excluding hydrogens is 176 g/mol. The number of nitrogens with one attached hydrogen (secondary N) is 1. The smallest absolute Gasteiger partial charge is 0.226 e. The Labute approximate surface area is 84.8 Å². The average molecular weight is 194 g/mol. The molecule has 4 aliphatic rings. The van der Waals surface area contributed by atoms with E-state index in [-0.39, 0.29) is 0 Å². The second-order valence-corrected chi connectivity index (χ2v) is 4.95. The quantitative estimate of drug-likeness (QED) is 0.668. The molecule has 0 aromatic heterocycles. The van der Waals surface area contributed by atoms with E-state index in [1.165, 1.54) is 19.3 Å². The molecule has 2 atom stereocenters. The summed E-state index contributed by atoms with van der Waals surface area (Å²) in [6.45, 7) is 2.00. The highest BCUT2D eigenvalue weighted by Crippen LogP contribution is 2.31. The molecule has 3 nitrogen and oxygen atoms in total. The van der Waals surface area contributed by atoms with Crippen LogP contribution in [0.15, 0.2) is 0 Å². The van der Waals surface area contributed by atoms with Crippen LogP contribution in [0.2, 0.25) is 0 Å². The number of hydrogen-bond donors (Lipinski definition) is 1. The monoisotopic (exact) mass is 194 g/mol. The van der Waals surface area contributed by atoms with Crippen LogP contribution in [0.3, 0.4) is 0 Å². The molecule has 4 fully saturated rings. The second kappa shape index (κ2) is 3.23. The molecule has 1 aliphatic carbocycles. The first kappa shape index (κ1) is 8.72. The summed E-state index contributed by atoms with van der Waals surface area (Å²) in [4.78, 5) is 14.2. The fraction of sp³-hybridized carbons (Fsp3) is 0.909. The Bertz CT molecular complexity index is 242. The lowest BCUT2D eigenvalue weighted by atomic mass is 9.82. The van der Waals surface area contributed by atoms with Crippen molar-refractivity contribution in [2.45, 2.75) is 44.2 Å². The van der Waals surface area contributed by atoms with Crippen molar-refractivity contribution in [1.82, 2.24) is 10.2 Å². The standard InChI is InChI=1S/C11H18N2O/c14-11(8-2-1-3-8)13-7-9-4-5-10(13)6-12-9/h8-10,12H,1-7H2. The normalized spacial score (nSPS) is 37.0. The van der Waals surface area contributed by atoms with Gasteiger partial charge >= 0.3 is 0 Å². The van der Waals surface area contributed by atoms with Gasteiger partial charge in [-0.15, -0.1) is 0 Å². The maximum absolute atomic E-state index is 12.1. The van der Waals surface area contributed by atoms with E-state index in [1.807, 2.05) is 0 Å². The van der Waals surface area contributed by atoms with Crippen molar-refractivity contribution in [2.24, 2.45) is 5.92 Å². The topological polar surface area (TPSA) is 32.3 Å². The fourth-order valence-corrected chi connectivity index (χ4v) is 2.87. The minimum atomic E-state index is 0.384. The number of carbonyl (C=O) groups is 1. The fourth-order valence-electron chi connectivity index (χ4n) is 2.87. The molecule has 1 amide bonds. The van der Waals surface area contributed by atoms with Gasteiger partial charge in [0.15, 0.2) is 0 Å². The first-order valence-corrected chi connectivity index (χ1v) is 5.88. The molecule has 1 N–H and O–H groups in total. The molecule has 4 rings (SSSR count). The van der Waals surface area contributed by atoms with Gasteiger partial charge in [0, 0.05) is 31.1 Å². The van der Waals surface area contributed by atoms with Crippen molar-refractivity contribution in [3.05, 3.63) is 0 Å². The average Bonchev–Trinajstić information content (AvgIpc) is 2.17. The van der Waals surface area contributed by atoms with E-state index in [0.29, 0.717) is 23.9 Å². The molecule has 3 aliphatic heterocycles. The summed E-state index contributed by atoms with van der Waals surface area (Å²) in [7, 11) is 0. The Morgan fingerprint density at radius 2 is 2.07 bits per heavy atom. The Morgan fingerprint density at radius 3 is 2.50 bits per heavy atom. The number of rotatable bonds is 1. The van der Waals surface area contributed by atoms with Gasteiger partial charge in [0.1, 0.15) is 0 Å². The van der Waals surface area contributed by atoms with E-state index in [1.54, 1.807) is 0 Å². The zero-order valence-electron chi connectivity index (χ0n) is 8.54. The van der Waals surface area contributed by atoms with Crippen LogP contribution in [0.4, 0.5) is 0 Å². The number of piperazine rings is 1. The predicted molar refractivity (Wildman–Crippen MR) is 53.9 cm³/mol. The van der Waals surface area contributed by atoms with Crippen LogP contribution in [-0.4, -0.2) is 36.0 Å². The molecule has 2 bridgehead atoms. The van der Waals surface area contributed by atoms with E-state index < -0.39 is 0 Å². The first-order valence-electron chi connectivity index (χ1n) is 5.88. The number of carbonyl (C=O) groups excluding carboxylic acids is 1. The second-order valence-electron chi connectivity index (χ2n) is 4.95. The summed E-state index contributed by atoms with van der Waals surface area (Å²) >= 11 is 0. The predicted octanol–water partition coefficient (Wildman–Crippen LogP) is 0.749. The summed E-state index contributed by atoms with van der Waals surface area (Å²) in [6, 6.07) is 1.09. The van der Waals surface area contributed by atoms with Gasteiger partial charge in [0.05, 0.1) is 0 Å². The van der Waals surface area contributed by atoms with Gasteiger partial charge in [-0.25, -0.2) is 0 Å². The minimum Gasteiger partial charge on any atom is -0.337 e. The van der Waals surface area contributed by atoms with Crippen molar-refractivity contribution in [1.29, 1.82) is 0 Å². The van der Waals surface area contributed by atoms with E-state index in [2.05, 4.69) is 10.2 Å².